The number of aliphatic imine (C=N–C) groups is 1. The molecule has 2 rings (SSSR count). The van der Waals surface area contributed by atoms with Gasteiger partial charge in [-0.15, -0.1) is 0 Å². The second-order valence-electron chi connectivity index (χ2n) is 4.06. The molecule has 0 spiro atoms. The first kappa shape index (κ1) is 10.8. The van der Waals surface area contributed by atoms with E-state index in [-0.39, 0.29) is 11.7 Å². The van der Waals surface area contributed by atoms with Crippen LogP contribution < -0.4 is 0 Å². The van der Waals surface area contributed by atoms with Crippen molar-refractivity contribution >= 4 is 17.2 Å². The molecular weight excluding hydrogens is 205 g/mol. The van der Waals surface area contributed by atoms with Gasteiger partial charge >= 0.3 is 0 Å². The van der Waals surface area contributed by atoms with E-state index in [2.05, 4.69) is 15.0 Å². The molecule has 0 aliphatic heterocycles. The van der Waals surface area contributed by atoms with E-state index >= 15 is 0 Å². The Balaban J connectivity index is 2.63. The number of hydrogen-bond donors (Lipinski definition) is 1. The second kappa shape index (κ2) is 4.04. The molecule has 84 valence electrons. The largest absolute Gasteiger partial charge is 0.342 e. The van der Waals surface area contributed by atoms with Gasteiger partial charge < -0.3 is 4.98 Å². The highest BCUT2D eigenvalue weighted by atomic mass is 19.1. The zero-order valence-electron chi connectivity index (χ0n) is 9.58. The summed E-state index contributed by atoms with van der Waals surface area (Å²) in [7, 11) is 1.66. The number of halogens is 1. The Labute approximate surface area is 93.4 Å². The van der Waals surface area contributed by atoms with Crippen LogP contribution in [0.4, 0.5) is 4.39 Å². The molecule has 1 heterocycles. The lowest BCUT2D eigenvalue weighted by Crippen LogP contribution is -1.88. The van der Waals surface area contributed by atoms with Crippen LogP contribution in [0.2, 0.25) is 0 Å². The number of fused-ring (bicyclic) bond motifs is 1. The van der Waals surface area contributed by atoms with Crippen LogP contribution in [0.3, 0.4) is 0 Å². The van der Waals surface area contributed by atoms with Crippen LogP contribution in [0.25, 0.3) is 11.0 Å². The third-order valence-corrected chi connectivity index (χ3v) is 2.41. The molecule has 1 N–H and O–H groups in total. The molecule has 0 amide bonds. The standard InChI is InChI=1S/C12H14FN3/c1-7(2)12-15-10-5-8(6-14-3)4-9(13)11(10)16-12/h4-7H,1-3H3,(H,15,16). The summed E-state index contributed by atoms with van der Waals surface area (Å²) in [6.07, 6.45) is 1.62. The Morgan fingerprint density at radius 1 is 1.44 bits per heavy atom. The lowest BCUT2D eigenvalue weighted by molar-refractivity contribution is 0.636. The third-order valence-electron chi connectivity index (χ3n) is 2.41. The minimum atomic E-state index is -0.310. The molecule has 0 bridgehead atoms. The maximum absolute atomic E-state index is 13.7. The van der Waals surface area contributed by atoms with Crippen LogP contribution in [-0.4, -0.2) is 23.2 Å². The van der Waals surface area contributed by atoms with Crippen molar-refractivity contribution in [1.82, 2.24) is 9.97 Å². The lowest BCUT2D eigenvalue weighted by Gasteiger charge is -1.95. The highest BCUT2D eigenvalue weighted by molar-refractivity contribution is 5.87. The summed E-state index contributed by atoms with van der Waals surface area (Å²) in [5.74, 6) is 0.755. The summed E-state index contributed by atoms with van der Waals surface area (Å²) < 4.78 is 13.7. The van der Waals surface area contributed by atoms with Gasteiger partial charge in [0, 0.05) is 19.2 Å². The van der Waals surface area contributed by atoms with Gasteiger partial charge in [0.25, 0.3) is 0 Å². The second-order valence-corrected chi connectivity index (χ2v) is 4.06. The van der Waals surface area contributed by atoms with E-state index in [0.717, 1.165) is 16.9 Å². The zero-order chi connectivity index (χ0) is 11.7. The van der Waals surface area contributed by atoms with Crippen molar-refractivity contribution in [3.8, 4) is 0 Å². The fraction of sp³-hybridized carbons (Fsp3) is 0.333. The highest BCUT2D eigenvalue weighted by Gasteiger charge is 2.10. The van der Waals surface area contributed by atoms with Crippen molar-refractivity contribution < 1.29 is 4.39 Å². The van der Waals surface area contributed by atoms with Crippen molar-refractivity contribution in [3.05, 3.63) is 29.3 Å². The number of nitrogens with one attached hydrogen (secondary N) is 1. The number of benzene rings is 1. The van der Waals surface area contributed by atoms with Crippen LogP contribution >= 0.6 is 0 Å². The summed E-state index contributed by atoms with van der Waals surface area (Å²) in [6.45, 7) is 4.04. The van der Waals surface area contributed by atoms with Gasteiger partial charge in [0.1, 0.15) is 11.3 Å². The van der Waals surface area contributed by atoms with E-state index in [1.807, 2.05) is 19.9 Å². The van der Waals surface area contributed by atoms with Crippen molar-refractivity contribution in [2.75, 3.05) is 7.05 Å². The molecule has 3 nitrogen and oxygen atoms in total. The monoisotopic (exact) mass is 219 g/mol. The van der Waals surface area contributed by atoms with E-state index in [1.165, 1.54) is 6.07 Å². The first-order chi connectivity index (χ1) is 7.61. The smallest absolute Gasteiger partial charge is 0.151 e. The van der Waals surface area contributed by atoms with E-state index < -0.39 is 0 Å². The van der Waals surface area contributed by atoms with Crippen LogP contribution in [0.1, 0.15) is 31.2 Å². The fourth-order valence-corrected chi connectivity index (χ4v) is 1.61. The first-order valence-electron chi connectivity index (χ1n) is 5.23. The van der Waals surface area contributed by atoms with Crippen LogP contribution in [0.15, 0.2) is 17.1 Å². The van der Waals surface area contributed by atoms with E-state index in [0.29, 0.717) is 5.52 Å². The van der Waals surface area contributed by atoms with Gasteiger partial charge in [-0.3, -0.25) is 4.99 Å². The lowest BCUT2D eigenvalue weighted by atomic mass is 10.2. The molecule has 0 atom stereocenters. The molecule has 1 aromatic heterocycles. The van der Waals surface area contributed by atoms with Gasteiger partial charge in [0.15, 0.2) is 5.82 Å². The fourth-order valence-electron chi connectivity index (χ4n) is 1.61. The SMILES string of the molecule is CN=Cc1cc(F)c2nc(C(C)C)[nH]c2c1. The summed E-state index contributed by atoms with van der Waals surface area (Å²) in [4.78, 5) is 11.2. The van der Waals surface area contributed by atoms with E-state index in [9.17, 15) is 4.39 Å². The first-order valence-corrected chi connectivity index (χ1v) is 5.23. The van der Waals surface area contributed by atoms with Crippen LogP contribution in [-0.2, 0) is 0 Å². The third kappa shape index (κ3) is 1.83. The summed E-state index contributed by atoms with van der Waals surface area (Å²) in [5.41, 5.74) is 1.86. The van der Waals surface area contributed by atoms with Crippen molar-refractivity contribution in [1.29, 1.82) is 0 Å². The summed E-state index contributed by atoms with van der Waals surface area (Å²) >= 11 is 0. The van der Waals surface area contributed by atoms with Gasteiger partial charge in [0.2, 0.25) is 0 Å². The van der Waals surface area contributed by atoms with Crippen molar-refractivity contribution in [2.24, 2.45) is 4.99 Å². The maximum atomic E-state index is 13.7. The Morgan fingerprint density at radius 3 is 2.81 bits per heavy atom. The topological polar surface area (TPSA) is 41.0 Å². The summed E-state index contributed by atoms with van der Waals surface area (Å²) in [5, 5.41) is 0. The molecule has 0 unspecified atom stereocenters. The Bertz CT molecular complexity index is 540. The normalized spacial score (nSPS) is 12.1. The minimum absolute atomic E-state index is 0.259. The number of H-pyrrole nitrogens is 1. The number of aromatic nitrogens is 2. The predicted molar refractivity (Wildman–Crippen MR) is 63.7 cm³/mol. The van der Waals surface area contributed by atoms with Gasteiger partial charge in [-0.2, -0.15) is 0 Å². The Morgan fingerprint density at radius 2 is 2.19 bits per heavy atom. The molecule has 2 aromatic rings. The molecule has 4 heteroatoms. The number of aromatic amines is 1. The summed E-state index contributed by atoms with van der Waals surface area (Å²) in [6, 6.07) is 3.30. The van der Waals surface area contributed by atoms with Gasteiger partial charge in [0.05, 0.1) is 5.52 Å². The average molecular weight is 219 g/mol. The van der Waals surface area contributed by atoms with E-state index in [4.69, 9.17) is 0 Å². The molecule has 0 fully saturated rings. The Hall–Kier alpha value is -1.71. The molecule has 0 aliphatic rings. The van der Waals surface area contributed by atoms with Gasteiger partial charge in [-0.25, -0.2) is 9.37 Å². The zero-order valence-corrected chi connectivity index (χ0v) is 9.58. The average Bonchev–Trinajstić information content (AvgIpc) is 2.62. The molecule has 16 heavy (non-hydrogen) atoms. The van der Waals surface area contributed by atoms with Gasteiger partial charge in [-0.05, 0) is 17.7 Å². The number of imidazole rings is 1. The number of hydrogen-bond acceptors (Lipinski definition) is 2. The molecule has 0 saturated heterocycles. The van der Waals surface area contributed by atoms with Gasteiger partial charge in [-0.1, -0.05) is 13.8 Å². The molecule has 0 radical (unpaired) electrons. The van der Waals surface area contributed by atoms with Crippen LogP contribution in [0.5, 0.6) is 0 Å². The Kier molecular flexibility index (Phi) is 2.73. The molecule has 0 saturated carbocycles. The van der Waals surface area contributed by atoms with Crippen molar-refractivity contribution in [2.45, 2.75) is 19.8 Å². The maximum Gasteiger partial charge on any atom is 0.151 e. The highest BCUT2D eigenvalue weighted by Crippen LogP contribution is 2.20. The quantitative estimate of drug-likeness (QED) is 0.775. The minimum Gasteiger partial charge on any atom is -0.342 e. The predicted octanol–water partition coefficient (Wildman–Crippen LogP) is 2.87. The van der Waals surface area contributed by atoms with Crippen LogP contribution in [0, 0.1) is 5.82 Å². The van der Waals surface area contributed by atoms with Crippen molar-refractivity contribution in [3.63, 3.8) is 0 Å². The number of nitrogens with zero attached hydrogens (tertiary/aromatic N) is 2. The van der Waals surface area contributed by atoms with E-state index in [1.54, 1.807) is 13.3 Å². The number of rotatable bonds is 2. The molecule has 1 aromatic carbocycles. The molecule has 0 aliphatic carbocycles. The molecular formula is C12H14FN3.